The molecule has 106 heavy (non-hydrogen) atoms. The molecule has 12 aromatic rings. The lowest BCUT2D eigenvalue weighted by molar-refractivity contribution is -0.777. The van der Waals surface area contributed by atoms with Gasteiger partial charge in [0.2, 0.25) is 0 Å². The van der Waals surface area contributed by atoms with E-state index in [1.54, 1.807) is 0 Å². The lowest BCUT2D eigenvalue weighted by atomic mass is 9.95. The van der Waals surface area contributed by atoms with E-state index in [1.807, 2.05) is 0 Å². The van der Waals surface area contributed by atoms with E-state index >= 15 is 0 Å². The number of benzene rings is 9. The summed E-state index contributed by atoms with van der Waals surface area (Å²) in [6.45, 7) is 15.1. The zero-order valence-electron chi connectivity index (χ0n) is 62.3. The van der Waals surface area contributed by atoms with Gasteiger partial charge in [-0.1, -0.05) is 160 Å². The van der Waals surface area contributed by atoms with Crippen molar-refractivity contribution in [1.82, 2.24) is 20.4 Å². The van der Waals surface area contributed by atoms with Crippen LogP contribution in [-0.4, -0.2) is 115 Å². The highest BCUT2D eigenvalue weighted by atomic mass is 32.2. The number of rotatable bonds is 20. The van der Waals surface area contributed by atoms with Crippen LogP contribution in [0.4, 0.5) is 0 Å². The molecule has 0 radical (unpaired) electrons. The van der Waals surface area contributed by atoms with Gasteiger partial charge in [0.05, 0.1) is 12.3 Å². The Morgan fingerprint density at radius 3 is 1.17 bits per heavy atom. The van der Waals surface area contributed by atoms with Gasteiger partial charge in [0.15, 0.2) is 42.9 Å². The fraction of sp³-hybridized carbons (Fsp3) is 0.378. The number of hydrogen-bond donors (Lipinski definition) is 5. The van der Waals surface area contributed by atoms with E-state index in [1.165, 1.54) is 226 Å². The molecular weight excluding hydrogens is 1390 g/mol. The molecule has 4 fully saturated rings. The van der Waals surface area contributed by atoms with E-state index in [2.05, 4.69) is 268 Å². The van der Waals surface area contributed by atoms with Crippen molar-refractivity contribution >= 4 is 104 Å². The number of nitrogens with one attached hydrogen (secondary N) is 2. The SMILES string of the molecule is C=C(CNC1CCCCC1)O[O-].CN1CCC(N2CCCCC2)CC1.Cc1ccc2c(c1)c1cc(C)ccc1[s+]2-c1ccc(CCO)cc1.OCCc1ccc(-[s+]2c3ccccc3c3ccccc32)cc1.OCCc1ccc(-[s+]2c3ccccc3c3ccccc32)cc1.[O-]OOSCCNC1CCCCC1. The van der Waals surface area contributed by atoms with Crippen LogP contribution in [0.3, 0.4) is 0 Å². The Hall–Kier alpha value is -6.91. The molecule has 4 aliphatic rings. The molecule has 0 atom stereocenters. The number of piperidine rings is 2. The first-order valence-corrected chi connectivity index (χ1v) is 43.0. The van der Waals surface area contributed by atoms with Crippen LogP contribution in [0.15, 0.2) is 219 Å². The summed E-state index contributed by atoms with van der Waals surface area (Å²) in [7, 11) is 2.18. The van der Waals surface area contributed by atoms with Gasteiger partial charge >= 0.3 is 0 Å². The smallest absolute Gasteiger partial charge is 0.187 e. The van der Waals surface area contributed by atoms with E-state index in [4.69, 9.17) is 15.3 Å². The molecule has 0 unspecified atom stereocenters. The summed E-state index contributed by atoms with van der Waals surface area (Å²) in [5.41, 5.74) is 6.19. The van der Waals surface area contributed by atoms with Crippen LogP contribution < -0.4 is 21.1 Å². The number of nitrogens with zero attached hydrogens (tertiary/aromatic N) is 2. The minimum absolute atomic E-state index is 0.0153. The fourth-order valence-electron chi connectivity index (χ4n) is 15.3. The summed E-state index contributed by atoms with van der Waals surface area (Å²) in [5, 5.41) is 64.6. The van der Waals surface area contributed by atoms with Gasteiger partial charge in [-0.2, -0.15) is 4.33 Å². The molecule has 0 spiro atoms. The Labute approximate surface area is 640 Å². The molecule has 5 heterocycles. The lowest BCUT2D eigenvalue weighted by Gasteiger charge is -2.39. The largest absolute Gasteiger partial charge is 0.691 e. The van der Waals surface area contributed by atoms with Crippen molar-refractivity contribution < 1.29 is 40.1 Å². The zero-order chi connectivity index (χ0) is 73.8. The number of aryl methyl sites for hydroxylation is 2. The van der Waals surface area contributed by atoms with Crippen LogP contribution in [0.5, 0.6) is 0 Å². The van der Waals surface area contributed by atoms with Gasteiger partial charge in [0, 0.05) is 126 Å². The molecule has 5 N–H and O–H groups in total. The molecule has 0 amide bonds. The van der Waals surface area contributed by atoms with Gasteiger partial charge in [-0.3, -0.25) is 5.04 Å². The van der Waals surface area contributed by atoms with Gasteiger partial charge in [-0.05, 0) is 244 Å². The highest BCUT2D eigenvalue weighted by molar-refractivity contribution is 7.94. The van der Waals surface area contributed by atoms with E-state index in [9.17, 15) is 10.5 Å². The van der Waals surface area contributed by atoms with Gasteiger partial charge in [-0.15, -0.1) is 0 Å². The summed E-state index contributed by atoms with van der Waals surface area (Å²) < 4.78 is 12.7. The van der Waals surface area contributed by atoms with Gasteiger partial charge in [0.25, 0.3) is 0 Å². The van der Waals surface area contributed by atoms with Crippen LogP contribution in [0.25, 0.3) is 75.2 Å². The monoisotopic (exact) mass is 1500 g/mol. The van der Waals surface area contributed by atoms with Crippen LogP contribution >= 0.6 is 43.5 Å². The van der Waals surface area contributed by atoms with Crippen molar-refractivity contribution in [1.29, 1.82) is 0 Å². The number of fused-ring (bicyclic) bond motifs is 9. The maximum absolute atomic E-state index is 9.86. The number of aliphatic hydroxyl groups excluding tert-OH is 3. The molecule has 3 aromatic heterocycles. The van der Waals surface area contributed by atoms with E-state index in [0.29, 0.717) is 18.6 Å². The van der Waals surface area contributed by atoms with Crippen LogP contribution in [0.2, 0.25) is 0 Å². The van der Waals surface area contributed by atoms with Gasteiger partial charge in [0.1, 0.15) is 0 Å². The minimum Gasteiger partial charge on any atom is -0.691 e. The van der Waals surface area contributed by atoms with Gasteiger partial charge < -0.3 is 51.2 Å². The quantitative estimate of drug-likeness (QED) is 0.0122. The molecule has 2 aliphatic heterocycles. The molecule has 12 nitrogen and oxygen atoms in total. The molecule has 9 aromatic carbocycles. The Morgan fingerprint density at radius 2 is 0.802 bits per heavy atom. The zero-order valence-corrected chi connectivity index (χ0v) is 65.5. The molecule has 2 saturated heterocycles. The van der Waals surface area contributed by atoms with Crippen molar-refractivity contribution in [3.63, 3.8) is 0 Å². The standard InChI is InChI=1S/C22H21OS.2C20H17OS.C11H22N2.C9H17NO2.C8H17NO3S/c1-15-3-9-21-19(13-15)20-14-16(2)4-10-22(20)24(21)18-7-5-17(6-8-18)11-12-23;2*21-14-13-15-9-11-16(12-10-15)22-19-7-3-1-5-17(19)18-6-2-4-8-20(18)22;1-12-9-5-11(6-10-12)13-7-3-2-4-8-13;1-8(12-11)7-10-9-5-3-2-4-6-9;10-11-12-13-7-6-9-8-4-2-1-3-5-8/h3-10,13-14,23H,11-12H2,1-2H3;2*1-12,21H,13-14H2;11H,2-10H2,1H3;9-11H,1-7H2;8-10H,1-7H2/q3*+1;;;/p-2. The van der Waals surface area contributed by atoms with Crippen molar-refractivity contribution in [3.05, 3.63) is 246 Å². The van der Waals surface area contributed by atoms with Crippen LogP contribution in [-0.2, 0) is 33.5 Å². The Bertz CT molecular complexity index is 4300. The molecule has 16 heteroatoms. The third-order valence-corrected chi connectivity index (χ3v) is 28.4. The Balaban J connectivity index is 0.000000130. The predicted molar refractivity (Wildman–Crippen MR) is 448 cm³/mol. The number of likely N-dealkylation sites (tertiary alicyclic amines) is 2. The second-order valence-corrected chi connectivity index (χ2v) is 35.1. The average molecular weight is 1500 g/mol. The Morgan fingerprint density at radius 1 is 0.443 bits per heavy atom. The summed E-state index contributed by atoms with van der Waals surface area (Å²) in [6, 6.07) is 76.9. The third-order valence-electron chi connectivity index (χ3n) is 20.9. The third kappa shape index (κ3) is 22.0. The molecule has 2 saturated carbocycles. The molecule has 16 rings (SSSR count). The second kappa shape index (κ2) is 42.2. The highest BCUT2D eigenvalue weighted by Gasteiger charge is 2.28. The van der Waals surface area contributed by atoms with Gasteiger partial charge in [-0.25, -0.2) is 0 Å². The second-order valence-electron chi connectivity index (χ2n) is 28.5. The normalized spacial score (nSPS) is 15.4. The van der Waals surface area contributed by atoms with Crippen molar-refractivity contribution in [2.24, 2.45) is 0 Å². The van der Waals surface area contributed by atoms with E-state index in [0.717, 1.165) is 49.6 Å². The van der Waals surface area contributed by atoms with Crippen molar-refractivity contribution in [2.75, 3.05) is 71.9 Å². The molecule has 2 aliphatic carbocycles. The topological polar surface area (TPSA) is 165 Å². The van der Waals surface area contributed by atoms with Crippen LogP contribution in [0.1, 0.15) is 124 Å². The summed E-state index contributed by atoms with van der Waals surface area (Å²) >= 11 is 1.04. The van der Waals surface area contributed by atoms with E-state index in [-0.39, 0.29) is 57.0 Å². The first-order chi connectivity index (χ1) is 52.0. The van der Waals surface area contributed by atoms with Crippen molar-refractivity contribution in [3.8, 4) is 14.7 Å². The average Bonchev–Trinajstić information content (AvgIpc) is 1.61. The maximum atomic E-state index is 9.86. The predicted octanol–water partition coefficient (Wildman–Crippen LogP) is 19.5. The number of hydrogen-bond acceptors (Lipinski definition) is 13. The minimum atomic E-state index is -0.0318. The number of aliphatic hydroxyl groups is 3. The van der Waals surface area contributed by atoms with Crippen LogP contribution in [0, 0.1) is 13.8 Å². The summed E-state index contributed by atoms with van der Waals surface area (Å²) in [5.74, 6) is 1.03. The Kier molecular flexibility index (Phi) is 31.9. The maximum Gasteiger partial charge on any atom is 0.187 e. The number of thiophene rings is 3. The first-order valence-electron chi connectivity index (χ1n) is 38.4. The molecule has 560 valence electrons. The molecule has 0 bridgehead atoms. The molecular formula is C90H109N4O8S4+. The lowest BCUT2D eigenvalue weighted by Crippen LogP contribution is -2.45. The van der Waals surface area contributed by atoms with Crippen molar-refractivity contribution in [2.45, 2.75) is 148 Å². The van der Waals surface area contributed by atoms with E-state index < -0.39 is 0 Å². The fourth-order valence-corrected chi connectivity index (χ4v) is 22.7. The first kappa shape index (κ1) is 80.1. The highest BCUT2D eigenvalue weighted by Crippen LogP contribution is 2.51. The summed E-state index contributed by atoms with van der Waals surface area (Å²) in [6.07, 6.45) is 22.3. The summed E-state index contributed by atoms with van der Waals surface area (Å²) in [4.78, 5) is 13.0.